The first-order chi connectivity index (χ1) is 10.5. The van der Waals surface area contributed by atoms with Crippen LogP contribution in [-0.4, -0.2) is 23.1 Å². The van der Waals surface area contributed by atoms with Crippen LogP contribution in [0, 0.1) is 13.8 Å². The Bertz CT molecular complexity index is 927. The van der Waals surface area contributed by atoms with E-state index in [1.807, 2.05) is 19.9 Å². The molecule has 5 nitrogen and oxygen atoms in total. The fourth-order valence-corrected chi connectivity index (χ4v) is 6.29. The third-order valence-corrected chi connectivity index (χ3v) is 7.28. The van der Waals surface area contributed by atoms with Gasteiger partial charge in [0.2, 0.25) is 10.0 Å². The van der Waals surface area contributed by atoms with Gasteiger partial charge in [0.05, 0.1) is 4.90 Å². The van der Waals surface area contributed by atoms with Crippen molar-refractivity contribution in [1.29, 1.82) is 0 Å². The van der Waals surface area contributed by atoms with Gasteiger partial charge in [-0.25, -0.2) is 21.6 Å². The summed E-state index contributed by atoms with van der Waals surface area (Å²) in [5.41, 5.74) is 0.896. The summed E-state index contributed by atoms with van der Waals surface area (Å²) in [5.74, 6) is 0. The van der Waals surface area contributed by atoms with Gasteiger partial charge in [-0.15, -0.1) is 11.3 Å². The van der Waals surface area contributed by atoms with Gasteiger partial charge in [0.1, 0.15) is 4.90 Å². The van der Waals surface area contributed by atoms with Crippen LogP contribution in [0.4, 0.5) is 0 Å². The van der Waals surface area contributed by atoms with Crippen LogP contribution in [0.5, 0.6) is 0 Å². The smallest absolute Gasteiger partial charge is 0.224 e. The summed E-state index contributed by atoms with van der Waals surface area (Å²) >= 11 is 1.60. The maximum Gasteiger partial charge on any atom is 0.242 e. The minimum atomic E-state index is -3.95. The first-order valence-electron chi connectivity index (χ1n) is 6.90. The van der Waals surface area contributed by atoms with Gasteiger partial charge >= 0.3 is 0 Å². The van der Waals surface area contributed by atoms with Crippen LogP contribution in [0.15, 0.2) is 40.1 Å². The highest BCUT2D eigenvalue weighted by Crippen LogP contribution is 2.28. The van der Waals surface area contributed by atoms with Gasteiger partial charge in [-0.3, -0.25) is 0 Å². The predicted octanol–water partition coefficient (Wildman–Crippen LogP) is 2.81. The molecule has 0 amide bonds. The van der Waals surface area contributed by atoms with Crippen molar-refractivity contribution in [2.45, 2.75) is 36.6 Å². The summed E-state index contributed by atoms with van der Waals surface area (Å²) in [4.78, 5) is 1.71. The molecule has 23 heavy (non-hydrogen) atoms. The Morgan fingerprint density at radius 1 is 1.04 bits per heavy atom. The maximum atomic E-state index is 12.6. The molecule has 2 aromatic rings. The maximum absolute atomic E-state index is 12.6. The number of sulfonamides is 1. The molecule has 126 valence electrons. The van der Waals surface area contributed by atoms with Gasteiger partial charge < -0.3 is 0 Å². The van der Waals surface area contributed by atoms with E-state index in [0.717, 1.165) is 21.6 Å². The fraction of sp³-hybridized carbons (Fsp3) is 0.333. The van der Waals surface area contributed by atoms with Gasteiger partial charge in [-0.1, -0.05) is 12.1 Å². The van der Waals surface area contributed by atoms with Gasteiger partial charge in [0.15, 0.2) is 9.84 Å². The van der Waals surface area contributed by atoms with Crippen molar-refractivity contribution in [1.82, 2.24) is 4.72 Å². The molecule has 0 spiro atoms. The number of thiophene rings is 1. The SMILES string of the molecule is Cc1cc(C(C)NS(=O)(=O)c2ccccc2S(C)(=O)=O)c(C)s1. The second-order valence-corrected chi connectivity index (χ2v) is 10.6. The van der Waals surface area contributed by atoms with Crippen molar-refractivity contribution in [2.24, 2.45) is 0 Å². The highest BCUT2D eigenvalue weighted by Gasteiger charge is 2.26. The van der Waals surface area contributed by atoms with E-state index in [-0.39, 0.29) is 9.79 Å². The zero-order valence-electron chi connectivity index (χ0n) is 13.3. The molecule has 1 aromatic carbocycles. The van der Waals surface area contributed by atoms with Crippen LogP contribution in [-0.2, 0) is 19.9 Å². The Balaban J connectivity index is 2.43. The molecular formula is C15H19NO4S3. The fourth-order valence-electron chi connectivity index (χ4n) is 2.42. The molecule has 0 fully saturated rings. The van der Waals surface area contributed by atoms with Crippen LogP contribution in [0.2, 0.25) is 0 Å². The molecule has 0 aliphatic heterocycles. The number of benzene rings is 1. The summed E-state index contributed by atoms with van der Waals surface area (Å²) in [6.45, 7) is 5.64. The zero-order valence-corrected chi connectivity index (χ0v) is 15.8. The normalized spacial score (nSPS) is 13.9. The largest absolute Gasteiger partial charge is 0.242 e. The van der Waals surface area contributed by atoms with E-state index < -0.39 is 25.9 Å². The molecule has 1 atom stereocenters. The number of hydrogen-bond acceptors (Lipinski definition) is 5. The van der Waals surface area contributed by atoms with Gasteiger partial charge in [-0.2, -0.15) is 0 Å². The molecule has 2 rings (SSSR count). The van der Waals surface area contributed by atoms with Crippen molar-refractivity contribution >= 4 is 31.2 Å². The zero-order chi connectivity index (χ0) is 17.4. The Morgan fingerprint density at radius 2 is 1.61 bits per heavy atom. The molecule has 0 bridgehead atoms. The van der Waals surface area contributed by atoms with Crippen molar-refractivity contribution < 1.29 is 16.8 Å². The molecule has 1 heterocycles. The predicted molar refractivity (Wildman–Crippen MR) is 92.1 cm³/mol. The molecule has 0 aliphatic rings. The van der Waals surface area contributed by atoms with Crippen molar-refractivity contribution in [3.63, 3.8) is 0 Å². The van der Waals surface area contributed by atoms with E-state index in [4.69, 9.17) is 0 Å². The topological polar surface area (TPSA) is 80.3 Å². The Kier molecular flexibility index (Phi) is 5.00. The second-order valence-electron chi connectivity index (χ2n) is 5.43. The molecule has 1 unspecified atom stereocenters. The van der Waals surface area contributed by atoms with Crippen LogP contribution in [0.3, 0.4) is 0 Å². The summed E-state index contributed by atoms with van der Waals surface area (Å²) < 4.78 is 51.5. The molecule has 0 radical (unpaired) electrons. The molecule has 1 N–H and O–H groups in total. The quantitative estimate of drug-likeness (QED) is 0.874. The van der Waals surface area contributed by atoms with Crippen LogP contribution >= 0.6 is 11.3 Å². The Morgan fingerprint density at radius 3 is 2.09 bits per heavy atom. The number of hydrogen-bond donors (Lipinski definition) is 1. The Hall–Kier alpha value is -1.22. The molecule has 8 heteroatoms. The number of aryl methyl sites for hydroxylation is 2. The van der Waals surface area contributed by atoms with E-state index in [0.29, 0.717) is 0 Å². The van der Waals surface area contributed by atoms with E-state index in [2.05, 4.69) is 4.72 Å². The average molecular weight is 374 g/mol. The molecule has 0 saturated heterocycles. The van der Waals surface area contributed by atoms with Crippen molar-refractivity contribution in [2.75, 3.05) is 6.26 Å². The second kappa shape index (κ2) is 6.35. The van der Waals surface area contributed by atoms with Crippen molar-refractivity contribution in [3.05, 3.63) is 45.6 Å². The molecule has 0 saturated carbocycles. The summed E-state index contributed by atoms with van der Waals surface area (Å²) in [6.07, 6.45) is 0.997. The van der Waals surface area contributed by atoms with Gasteiger partial charge in [0, 0.05) is 22.1 Å². The lowest BCUT2D eigenvalue weighted by molar-refractivity contribution is 0.561. The van der Waals surface area contributed by atoms with Crippen molar-refractivity contribution in [3.8, 4) is 0 Å². The number of nitrogens with one attached hydrogen (secondary N) is 1. The average Bonchev–Trinajstić information content (AvgIpc) is 2.76. The highest BCUT2D eigenvalue weighted by atomic mass is 32.2. The molecule has 0 aliphatic carbocycles. The first kappa shape index (κ1) is 18.1. The molecular weight excluding hydrogens is 354 g/mol. The number of rotatable bonds is 5. The lowest BCUT2D eigenvalue weighted by atomic mass is 10.1. The Labute approximate surface area is 141 Å². The summed E-state index contributed by atoms with van der Waals surface area (Å²) in [7, 11) is -7.59. The summed E-state index contributed by atoms with van der Waals surface area (Å²) in [6, 6.07) is 7.11. The highest BCUT2D eigenvalue weighted by molar-refractivity contribution is 7.93. The van der Waals surface area contributed by atoms with Gasteiger partial charge in [-0.05, 0) is 44.5 Å². The number of sulfone groups is 1. The first-order valence-corrected chi connectivity index (χ1v) is 11.1. The van der Waals surface area contributed by atoms with E-state index in [9.17, 15) is 16.8 Å². The van der Waals surface area contributed by atoms with Gasteiger partial charge in [0.25, 0.3) is 0 Å². The minimum Gasteiger partial charge on any atom is -0.224 e. The third kappa shape index (κ3) is 4.00. The lowest BCUT2D eigenvalue weighted by Crippen LogP contribution is -2.28. The van der Waals surface area contributed by atoms with E-state index in [1.165, 1.54) is 24.3 Å². The lowest BCUT2D eigenvalue weighted by Gasteiger charge is -2.16. The standard InChI is InChI=1S/C15H19NO4S3/c1-10-9-13(12(3)21-10)11(2)16-23(19,20)15-8-6-5-7-14(15)22(4,17)18/h5-9,11,16H,1-4H3. The van der Waals surface area contributed by atoms with Crippen LogP contribution < -0.4 is 4.72 Å². The molecule has 1 aromatic heterocycles. The third-order valence-electron chi connectivity index (χ3n) is 3.42. The van der Waals surface area contributed by atoms with Crippen LogP contribution in [0.1, 0.15) is 28.3 Å². The minimum absolute atomic E-state index is 0.196. The summed E-state index contributed by atoms with van der Waals surface area (Å²) in [5, 5.41) is 0. The monoisotopic (exact) mass is 373 g/mol. The van der Waals surface area contributed by atoms with Crippen LogP contribution in [0.25, 0.3) is 0 Å². The van der Waals surface area contributed by atoms with E-state index in [1.54, 1.807) is 18.3 Å². The van der Waals surface area contributed by atoms with E-state index >= 15 is 0 Å².